The Kier molecular flexibility index (Phi) is 5.73. The maximum atomic E-state index is 13.6. The maximum absolute atomic E-state index is 13.6. The minimum absolute atomic E-state index is 0.180. The Morgan fingerprint density at radius 2 is 1.67 bits per heavy atom. The number of nitrogens with one attached hydrogen (secondary N) is 1. The minimum Gasteiger partial charge on any atom is -0.322 e. The zero-order valence-electron chi connectivity index (χ0n) is 13.7. The second-order valence-corrected chi connectivity index (χ2v) is 7.39. The van der Waals surface area contributed by atoms with Gasteiger partial charge in [0.15, 0.2) is 0 Å². The lowest BCUT2D eigenvalue weighted by Gasteiger charge is -2.22. The SMILES string of the molecule is CS(=O)(=O)N(CC(=O)Nc1ccc(F)cc1F)c1ccc(C(F)(F)F)cc1. The number of amides is 1. The van der Waals surface area contributed by atoms with Gasteiger partial charge in [-0.05, 0) is 36.4 Å². The predicted molar refractivity (Wildman–Crippen MR) is 88.6 cm³/mol. The molecule has 0 heterocycles. The standard InChI is InChI=1S/C16H13F5N2O3S/c1-27(25,26)23(12-5-2-10(3-6-12)16(19,20)21)9-15(24)22-14-7-4-11(17)8-13(14)18/h2-8H,9H2,1H3,(H,22,24). The average molecular weight is 408 g/mol. The van der Waals surface area contributed by atoms with E-state index in [9.17, 15) is 35.2 Å². The van der Waals surface area contributed by atoms with Gasteiger partial charge in [0, 0.05) is 6.07 Å². The van der Waals surface area contributed by atoms with Crippen LogP contribution in [-0.2, 0) is 21.0 Å². The number of alkyl halides is 3. The minimum atomic E-state index is -4.61. The van der Waals surface area contributed by atoms with Gasteiger partial charge in [-0.1, -0.05) is 0 Å². The van der Waals surface area contributed by atoms with Crippen LogP contribution in [0, 0.1) is 11.6 Å². The summed E-state index contributed by atoms with van der Waals surface area (Å²) in [5, 5.41) is 2.08. The second-order valence-electron chi connectivity index (χ2n) is 5.49. The van der Waals surface area contributed by atoms with Gasteiger partial charge in [-0.15, -0.1) is 0 Å². The molecule has 5 nitrogen and oxygen atoms in total. The highest BCUT2D eigenvalue weighted by Gasteiger charge is 2.31. The van der Waals surface area contributed by atoms with Gasteiger partial charge < -0.3 is 5.32 Å². The van der Waals surface area contributed by atoms with Crippen LogP contribution in [0.5, 0.6) is 0 Å². The van der Waals surface area contributed by atoms with Gasteiger partial charge in [0.1, 0.15) is 18.2 Å². The predicted octanol–water partition coefficient (Wildman–Crippen LogP) is 3.39. The molecule has 0 unspecified atom stereocenters. The third-order valence-corrected chi connectivity index (χ3v) is 4.52. The van der Waals surface area contributed by atoms with Crippen molar-refractivity contribution in [2.24, 2.45) is 0 Å². The molecule has 0 aliphatic carbocycles. The molecule has 11 heteroatoms. The fourth-order valence-electron chi connectivity index (χ4n) is 2.13. The Bertz CT molecular complexity index is 944. The van der Waals surface area contributed by atoms with Crippen LogP contribution in [0.3, 0.4) is 0 Å². The van der Waals surface area contributed by atoms with E-state index in [2.05, 4.69) is 5.32 Å². The molecule has 0 fully saturated rings. The summed E-state index contributed by atoms with van der Waals surface area (Å²) in [5.74, 6) is -2.90. The van der Waals surface area contributed by atoms with Gasteiger partial charge in [-0.3, -0.25) is 9.10 Å². The van der Waals surface area contributed by atoms with E-state index in [1.54, 1.807) is 0 Å². The van der Waals surface area contributed by atoms with Gasteiger partial charge in [0.05, 0.1) is 23.2 Å². The summed E-state index contributed by atoms with van der Waals surface area (Å²) in [5.41, 5.74) is -1.54. The first-order valence-corrected chi connectivity index (χ1v) is 9.12. The topological polar surface area (TPSA) is 66.5 Å². The van der Waals surface area contributed by atoms with Crippen LogP contribution in [0.1, 0.15) is 5.56 Å². The van der Waals surface area contributed by atoms with Crippen LogP contribution in [0.15, 0.2) is 42.5 Å². The molecular weight excluding hydrogens is 395 g/mol. The molecule has 0 saturated carbocycles. The lowest BCUT2D eigenvalue weighted by Crippen LogP contribution is -2.37. The van der Waals surface area contributed by atoms with Gasteiger partial charge in [0.25, 0.3) is 0 Å². The summed E-state index contributed by atoms with van der Waals surface area (Å²) >= 11 is 0. The van der Waals surface area contributed by atoms with Crippen molar-refractivity contribution in [3.05, 3.63) is 59.7 Å². The number of halogens is 5. The van der Waals surface area contributed by atoms with Crippen LogP contribution >= 0.6 is 0 Å². The van der Waals surface area contributed by atoms with Gasteiger partial charge in [0.2, 0.25) is 15.9 Å². The summed E-state index contributed by atoms with van der Waals surface area (Å²) in [6, 6.07) is 5.51. The number of nitrogens with zero attached hydrogens (tertiary/aromatic N) is 1. The Hall–Kier alpha value is -2.69. The fraction of sp³-hybridized carbons (Fsp3) is 0.188. The first-order valence-electron chi connectivity index (χ1n) is 7.28. The van der Waals surface area contributed by atoms with E-state index < -0.39 is 45.8 Å². The number of carbonyl (C=O) groups is 1. The van der Waals surface area contributed by atoms with Crippen LogP contribution in [0.4, 0.5) is 33.3 Å². The van der Waals surface area contributed by atoms with Crippen LogP contribution < -0.4 is 9.62 Å². The van der Waals surface area contributed by atoms with E-state index in [1.807, 2.05) is 0 Å². The number of hydrogen-bond acceptors (Lipinski definition) is 3. The number of rotatable bonds is 5. The van der Waals surface area contributed by atoms with E-state index >= 15 is 0 Å². The third-order valence-electron chi connectivity index (χ3n) is 3.38. The molecule has 0 aliphatic heterocycles. The Labute approximate surface area is 151 Å². The van der Waals surface area contributed by atoms with Crippen molar-refractivity contribution in [3.8, 4) is 0 Å². The van der Waals surface area contributed by atoms with Crippen molar-refractivity contribution < 1.29 is 35.2 Å². The molecule has 0 saturated heterocycles. The summed E-state index contributed by atoms with van der Waals surface area (Å²) in [7, 11) is -4.03. The summed E-state index contributed by atoms with van der Waals surface area (Å²) < 4.78 is 88.7. The first kappa shape index (κ1) is 20.6. The normalized spacial score (nSPS) is 11.9. The van der Waals surface area contributed by atoms with Gasteiger partial charge in [-0.2, -0.15) is 13.2 Å². The fourth-order valence-corrected chi connectivity index (χ4v) is 2.98. The van der Waals surface area contributed by atoms with Crippen molar-refractivity contribution in [2.45, 2.75) is 6.18 Å². The van der Waals surface area contributed by atoms with Crippen molar-refractivity contribution in [3.63, 3.8) is 0 Å². The monoisotopic (exact) mass is 408 g/mol. The van der Waals surface area contributed by atoms with Gasteiger partial charge in [-0.25, -0.2) is 17.2 Å². The van der Waals surface area contributed by atoms with E-state index in [4.69, 9.17) is 0 Å². The number of benzene rings is 2. The Morgan fingerprint density at radius 1 is 1.07 bits per heavy atom. The number of hydrogen-bond donors (Lipinski definition) is 1. The second kappa shape index (κ2) is 7.51. The highest BCUT2D eigenvalue weighted by molar-refractivity contribution is 7.92. The van der Waals surface area contributed by atoms with E-state index in [0.717, 1.165) is 30.5 Å². The number of anilines is 2. The molecule has 1 N–H and O–H groups in total. The molecule has 0 aliphatic rings. The van der Waals surface area contributed by atoms with E-state index in [0.29, 0.717) is 22.5 Å². The van der Waals surface area contributed by atoms with Crippen molar-refractivity contribution in [2.75, 3.05) is 22.4 Å². The number of sulfonamides is 1. The maximum Gasteiger partial charge on any atom is 0.416 e. The molecule has 27 heavy (non-hydrogen) atoms. The Morgan fingerprint density at radius 3 is 2.15 bits per heavy atom. The molecule has 0 atom stereocenters. The molecule has 2 rings (SSSR count). The quantitative estimate of drug-likeness (QED) is 0.772. The molecule has 0 radical (unpaired) electrons. The lowest BCUT2D eigenvalue weighted by molar-refractivity contribution is -0.137. The summed E-state index contributed by atoms with van der Waals surface area (Å²) in [6.45, 7) is -0.818. The molecule has 146 valence electrons. The van der Waals surface area contributed by atoms with Crippen LogP contribution in [-0.4, -0.2) is 27.1 Å². The van der Waals surface area contributed by atoms with Crippen LogP contribution in [0.25, 0.3) is 0 Å². The molecule has 0 aromatic heterocycles. The molecule has 2 aromatic rings. The first-order chi connectivity index (χ1) is 12.4. The number of carbonyl (C=O) groups excluding carboxylic acids is 1. The molecule has 0 bridgehead atoms. The van der Waals surface area contributed by atoms with Gasteiger partial charge >= 0.3 is 6.18 Å². The molecular formula is C16H13F5N2O3S. The van der Waals surface area contributed by atoms with Crippen molar-refractivity contribution in [1.29, 1.82) is 0 Å². The molecule has 0 spiro atoms. The zero-order valence-corrected chi connectivity index (χ0v) is 14.5. The van der Waals surface area contributed by atoms with E-state index in [-0.39, 0.29) is 11.4 Å². The largest absolute Gasteiger partial charge is 0.416 e. The molecule has 1 amide bonds. The third kappa shape index (κ3) is 5.39. The Balaban J connectivity index is 2.23. The smallest absolute Gasteiger partial charge is 0.322 e. The lowest BCUT2D eigenvalue weighted by atomic mass is 10.2. The highest BCUT2D eigenvalue weighted by Crippen LogP contribution is 2.31. The summed E-state index contributed by atoms with van der Waals surface area (Å²) in [4.78, 5) is 12.0. The highest BCUT2D eigenvalue weighted by atomic mass is 32.2. The average Bonchev–Trinajstić information content (AvgIpc) is 2.53. The summed E-state index contributed by atoms with van der Waals surface area (Å²) in [6.07, 6.45) is -3.84. The molecule has 2 aromatic carbocycles. The van der Waals surface area contributed by atoms with Crippen LogP contribution in [0.2, 0.25) is 0 Å². The van der Waals surface area contributed by atoms with E-state index in [1.165, 1.54) is 0 Å². The zero-order chi connectivity index (χ0) is 20.4. The van der Waals surface area contributed by atoms with Crippen molar-refractivity contribution in [1.82, 2.24) is 0 Å². The van der Waals surface area contributed by atoms with Crippen molar-refractivity contribution >= 4 is 27.3 Å².